The maximum atomic E-state index is 6.09. The van der Waals surface area contributed by atoms with Crippen molar-refractivity contribution in [3.63, 3.8) is 0 Å². The summed E-state index contributed by atoms with van der Waals surface area (Å²) in [6, 6.07) is 5.65. The second-order valence-corrected chi connectivity index (χ2v) is 5.66. The Balaban J connectivity index is 1.71. The number of rotatable bonds is 4. The molecule has 3 rings (SSSR count). The summed E-state index contributed by atoms with van der Waals surface area (Å²) in [6.07, 6.45) is -0.170. The highest BCUT2D eigenvalue weighted by Crippen LogP contribution is 2.26. The second kappa shape index (κ2) is 6.64. The van der Waals surface area contributed by atoms with E-state index in [-0.39, 0.29) is 6.10 Å². The Labute approximate surface area is 134 Å². The lowest BCUT2D eigenvalue weighted by molar-refractivity contribution is -0.0382. The number of methoxy groups -OCH3 is 1. The highest BCUT2D eigenvalue weighted by molar-refractivity contribution is 6.30. The molecule has 1 aliphatic rings. The average Bonchev–Trinajstić information content (AvgIpc) is 2.94. The van der Waals surface area contributed by atoms with Crippen LogP contribution in [0.25, 0.3) is 0 Å². The van der Waals surface area contributed by atoms with Crippen molar-refractivity contribution in [1.82, 2.24) is 15.0 Å². The molecule has 0 amide bonds. The smallest absolute Gasteiger partial charge is 0.223 e. The molecule has 0 bridgehead atoms. The van der Waals surface area contributed by atoms with Gasteiger partial charge < -0.3 is 14.0 Å². The van der Waals surface area contributed by atoms with Gasteiger partial charge in [0.2, 0.25) is 11.7 Å². The van der Waals surface area contributed by atoms with Gasteiger partial charge in [-0.25, -0.2) is 0 Å². The summed E-state index contributed by atoms with van der Waals surface area (Å²) in [6.45, 7) is 4.67. The summed E-state index contributed by atoms with van der Waals surface area (Å²) < 4.78 is 16.2. The van der Waals surface area contributed by atoms with Gasteiger partial charge >= 0.3 is 0 Å². The number of hydrogen-bond acceptors (Lipinski definition) is 6. The van der Waals surface area contributed by atoms with Crippen molar-refractivity contribution in [1.29, 1.82) is 0 Å². The molecule has 118 valence electrons. The minimum absolute atomic E-state index is 0.170. The first-order valence-corrected chi connectivity index (χ1v) is 7.50. The molecule has 7 heteroatoms. The summed E-state index contributed by atoms with van der Waals surface area (Å²) >= 11 is 6.09. The van der Waals surface area contributed by atoms with Crippen molar-refractivity contribution in [2.45, 2.75) is 19.6 Å². The summed E-state index contributed by atoms with van der Waals surface area (Å²) in [5, 5.41) is 4.65. The number of morpholine rings is 1. The van der Waals surface area contributed by atoms with Gasteiger partial charge in [-0.05, 0) is 18.2 Å². The van der Waals surface area contributed by atoms with Crippen LogP contribution in [0, 0.1) is 6.92 Å². The van der Waals surface area contributed by atoms with E-state index in [9.17, 15) is 0 Å². The molecule has 1 aromatic carbocycles. The van der Waals surface area contributed by atoms with Crippen molar-refractivity contribution >= 4 is 11.6 Å². The standard InChI is InChI=1S/C15H18ClN3O3/c1-10-17-15(18-22-10)14-9-19(5-6-21-14)8-11-7-12(16)3-4-13(11)20-2/h3-4,7,14H,5-6,8-9H2,1-2H3/t14-/m0/s1. The molecule has 0 radical (unpaired) electrons. The molecular formula is C15H18ClN3O3. The summed E-state index contributed by atoms with van der Waals surface area (Å²) in [4.78, 5) is 6.52. The van der Waals surface area contributed by atoms with E-state index in [4.69, 9.17) is 25.6 Å². The normalized spacial score (nSPS) is 19.3. The first kappa shape index (κ1) is 15.3. The monoisotopic (exact) mass is 323 g/mol. The molecule has 2 heterocycles. The number of nitrogens with zero attached hydrogens (tertiary/aromatic N) is 3. The Morgan fingerprint density at radius 1 is 1.45 bits per heavy atom. The van der Waals surface area contributed by atoms with E-state index in [1.54, 1.807) is 14.0 Å². The van der Waals surface area contributed by atoms with Gasteiger partial charge in [-0.1, -0.05) is 16.8 Å². The molecule has 22 heavy (non-hydrogen) atoms. The average molecular weight is 324 g/mol. The number of halogens is 1. The predicted molar refractivity (Wildman–Crippen MR) is 81.0 cm³/mol. The number of hydrogen-bond donors (Lipinski definition) is 0. The number of aryl methyl sites for hydroxylation is 1. The Bertz CT molecular complexity index is 647. The van der Waals surface area contributed by atoms with E-state index in [2.05, 4.69) is 15.0 Å². The Hall–Kier alpha value is -1.63. The lowest BCUT2D eigenvalue weighted by Crippen LogP contribution is -2.38. The molecule has 0 aliphatic carbocycles. The van der Waals surface area contributed by atoms with Gasteiger partial charge in [0.1, 0.15) is 11.9 Å². The van der Waals surface area contributed by atoms with Crippen LogP contribution >= 0.6 is 11.6 Å². The third-order valence-electron chi connectivity index (χ3n) is 3.62. The van der Waals surface area contributed by atoms with Crippen molar-refractivity contribution in [2.75, 3.05) is 26.8 Å². The SMILES string of the molecule is COc1ccc(Cl)cc1CN1CCO[C@H](c2noc(C)n2)C1. The number of aromatic nitrogens is 2. The molecule has 0 saturated carbocycles. The van der Waals surface area contributed by atoms with E-state index >= 15 is 0 Å². The first-order valence-electron chi connectivity index (χ1n) is 7.12. The van der Waals surface area contributed by atoms with Crippen molar-refractivity contribution in [3.8, 4) is 5.75 Å². The van der Waals surface area contributed by atoms with Gasteiger partial charge in [0.15, 0.2) is 0 Å². The van der Waals surface area contributed by atoms with Crippen molar-refractivity contribution in [2.24, 2.45) is 0 Å². The maximum Gasteiger partial charge on any atom is 0.223 e. The van der Waals surface area contributed by atoms with Crippen LogP contribution in [-0.2, 0) is 11.3 Å². The topological polar surface area (TPSA) is 60.6 Å². The third kappa shape index (κ3) is 3.40. The van der Waals surface area contributed by atoms with Gasteiger partial charge in [0, 0.05) is 37.1 Å². The molecule has 6 nitrogen and oxygen atoms in total. The van der Waals surface area contributed by atoms with Gasteiger partial charge in [-0.3, -0.25) is 4.90 Å². The van der Waals surface area contributed by atoms with Gasteiger partial charge in [0.05, 0.1) is 13.7 Å². The zero-order chi connectivity index (χ0) is 15.5. The van der Waals surface area contributed by atoms with Crippen LogP contribution in [0.1, 0.15) is 23.4 Å². The summed E-state index contributed by atoms with van der Waals surface area (Å²) in [7, 11) is 1.66. The molecule has 1 fully saturated rings. The molecule has 1 aliphatic heterocycles. The van der Waals surface area contributed by atoms with Crippen LogP contribution in [-0.4, -0.2) is 41.8 Å². The van der Waals surface area contributed by atoms with Gasteiger partial charge in [0.25, 0.3) is 0 Å². The Morgan fingerprint density at radius 2 is 2.32 bits per heavy atom. The van der Waals surface area contributed by atoms with Gasteiger partial charge in [-0.15, -0.1) is 0 Å². The predicted octanol–water partition coefficient (Wildman–Crippen LogP) is 2.61. The van der Waals surface area contributed by atoms with E-state index in [0.717, 1.165) is 24.4 Å². The summed E-state index contributed by atoms with van der Waals surface area (Å²) in [5.74, 6) is 1.98. The minimum atomic E-state index is -0.170. The molecule has 1 aromatic heterocycles. The maximum absolute atomic E-state index is 6.09. The number of ether oxygens (including phenoxy) is 2. The lowest BCUT2D eigenvalue weighted by atomic mass is 10.1. The van der Waals surface area contributed by atoms with Crippen LogP contribution < -0.4 is 4.74 Å². The number of benzene rings is 1. The van der Waals surface area contributed by atoms with E-state index in [1.807, 2.05) is 18.2 Å². The highest BCUT2D eigenvalue weighted by atomic mass is 35.5. The molecule has 0 spiro atoms. The Kier molecular flexibility index (Phi) is 4.61. The largest absolute Gasteiger partial charge is 0.496 e. The van der Waals surface area contributed by atoms with E-state index in [1.165, 1.54) is 0 Å². The molecule has 0 unspecified atom stereocenters. The molecule has 2 aromatic rings. The summed E-state index contributed by atoms with van der Waals surface area (Å²) in [5.41, 5.74) is 1.06. The highest BCUT2D eigenvalue weighted by Gasteiger charge is 2.26. The van der Waals surface area contributed by atoms with Crippen molar-refractivity contribution < 1.29 is 14.0 Å². The zero-order valence-corrected chi connectivity index (χ0v) is 13.3. The fourth-order valence-electron chi connectivity index (χ4n) is 2.56. The fourth-order valence-corrected chi connectivity index (χ4v) is 2.75. The molecule has 1 saturated heterocycles. The molecular weight excluding hydrogens is 306 g/mol. The second-order valence-electron chi connectivity index (χ2n) is 5.22. The van der Waals surface area contributed by atoms with Crippen LogP contribution in [0.3, 0.4) is 0 Å². The molecule has 1 atom stereocenters. The van der Waals surface area contributed by atoms with E-state index < -0.39 is 0 Å². The third-order valence-corrected chi connectivity index (χ3v) is 3.85. The minimum Gasteiger partial charge on any atom is -0.496 e. The lowest BCUT2D eigenvalue weighted by Gasteiger charge is -2.31. The van der Waals surface area contributed by atoms with Gasteiger partial charge in [-0.2, -0.15) is 4.98 Å². The van der Waals surface area contributed by atoms with Crippen LogP contribution in [0.4, 0.5) is 0 Å². The fraction of sp³-hybridized carbons (Fsp3) is 0.467. The van der Waals surface area contributed by atoms with Crippen molar-refractivity contribution in [3.05, 3.63) is 40.5 Å². The Morgan fingerprint density at radius 3 is 3.05 bits per heavy atom. The van der Waals surface area contributed by atoms with Crippen LogP contribution in [0.15, 0.2) is 22.7 Å². The zero-order valence-electron chi connectivity index (χ0n) is 12.6. The quantitative estimate of drug-likeness (QED) is 0.862. The molecule has 0 N–H and O–H groups in total. The van der Waals surface area contributed by atoms with E-state index in [0.29, 0.717) is 29.9 Å². The van der Waals surface area contributed by atoms with Crippen LogP contribution in [0.5, 0.6) is 5.75 Å². The first-order chi connectivity index (χ1) is 10.7. The van der Waals surface area contributed by atoms with Crippen LogP contribution in [0.2, 0.25) is 5.02 Å².